The predicted octanol–water partition coefficient (Wildman–Crippen LogP) is 3.34. The van der Waals surface area contributed by atoms with E-state index in [1.54, 1.807) is 6.07 Å². The van der Waals surface area contributed by atoms with Gasteiger partial charge in [0.05, 0.1) is 48.7 Å². The normalized spacial score (nSPS) is 18.9. The van der Waals surface area contributed by atoms with Crippen LogP contribution in [0.5, 0.6) is 0 Å². The molecule has 38 heavy (non-hydrogen) atoms. The highest BCUT2D eigenvalue weighted by Crippen LogP contribution is 2.45. The molecular formula is C31H33N5O2. The van der Waals surface area contributed by atoms with E-state index in [-0.39, 0.29) is 5.78 Å². The van der Waals surface area contributed by atoms with Gasteiger partial charge in [-0.3, -0.25) is 14.6 Å². The smallest absolute Gasteiger partial charge is 0.195 e. The van der Waals surface area contributed by atoms with Crippen LogP contribution in [0, 0.1) is 23.2 Å². The summed E-state index contributed by atoms with van der Waals surface area (Å²) in [7, 11) is 4.02. The lowest BCUT2D eigenvalue weighted by atomic mass is 9.70. The van der Waals surface area contributed by atoms with E-state index in [1.807, 2.05) is 37.2 Å². The van der Waals surface area contributed by atoms with Crippen molar-refractivity contribution >= 4 is 22.4 Å². The van der Waals surface area contributed by atoms with Crippen LogP contribution < -0.4 is 4.90 Å². The van der Waals surface area contributed by atoms with Crippen LogP contribution in [0.4, 0.5) is 5.69 Å². The molecule has 0 saturated carbocycles. The maximum absolute atomic E-state index is 14.0. The van der Waals surface area contributed by atoms with Crippen LogP contribution in [-0.2, 0) is 10.2 Å². The van der Waals surface area contributed by atoms with Crippen molar-refractivity contribution in [1.82, 2.24) is 14.8 Å². The molecular weight excluding hydrogens is 474 g/mol. The fourth-order valence-electron chi connectivity index (χ4n) is 5.95. The minimum absolute atomic E-state index is 0.0160. The fraction of sp³-hybridized carbons (Fsp3) is 0.419. The molecule has 0 spiro atoms. The zero-order valence-corrected chi connectivity index (χ0v) is 22.5. The number of fused-ring (bicyclic) bond motifs is 4. The number of aromatic nitrogens is 1. The number of carbonyl (C=O) groups excluding carboxylic acids is 1. The molecule has 1 aliphatic carbocycles. The van der Waals surface area contributed by atoms with Crippen LogP contribution in [0.2, 0.25) is 0 Å². The Balaban J connectivity index is 1.45. The second kappa shape index (κ2) is 9.29. The van der Waals surface area contributed by atoms with Gasteiger partial charge in [0, 0.05) is 59.3 Å². The number of ether oxygens (including phenoxy) is 1. The average Bonchev–Trinajstić information content (AvgIpc) is 3.26. The Hall–Kier alpha value is -3.62. The summed E-state index contributed by atoms with van der Waals surface area (Å²) in [6, 6.07) is 12.5. The minimum atomic E-state index is -0.417. The van der Waals surface area contributed by atoms with E-state index in [0.717, 1.165) is 78.4 Å². The van der Waals surface area contributed by atoms with Crippen molar-refractivity contribution in [3.63, 3.8) is 0 Å². The van der Waals surface area contributed by atoms with E-state index in [1.165, 1.54) is 0 Å². The monoisotopic (exact) mass is 507 g/mol. The molecule has 1 aromatic heterocycles. The van der Waals surface area contributed by atoms with E-state index in [4.69, 9.17) is 4.74 Å². The molecule has 3 aliphatic rings. The van der Waals surface area contributed by atoms with Crippen LogP contribution in [0.25, 0.3) is 10.9 Å². The summed E-state index contributed by atoms with van der Waals surface area (Å²) in [5.74, 6) is 6.72. The van der Waals surface area contributed by atoms with Crippen LogP contribution in [0.3, 0.4) is 0 Å². The summed E-state index contributed by atoms with van der Waals surface area (Å²) < 4.78 is 5.41. The Morgan fingerprint density at radius 3 is 2.55 bits per heavy atom. The van der Waals surface area contributed by atoms with Crippen LogP contribution >= 0.6 is 0 Å². The fourth-order valence-corrected chi connectivity index (χ4v) is 5.95. The lowest BCUT2D eigenvalue weighted by Gasteiger charge is -2.43. The molecule has 0 radical (unpaired) electrons. The molecule has 0 amide bonds. The van der Waals surface area contributed by atoms with E-state index in [9.17, 15) is 10.1 Å². The lowest BCUT2D eigenvalue weighted by Crippen LogP contribution is -2.56. The number of anilines is 1. The van der Waals surface area contributed by atoms with Crippen LogP contribution in [-0.4, -0.2) is 86.6 Å². The maximum atomic E-state index is 14.0. The van der Waals surface area contributed by atoms with E-state index in [0.29, 0.717) is 23.7 Å². The third-order valence-electron chi connectivity index (χ3n) is 8.24. The van der Waals surface area contributed by atoms with Gasteiger partial charge in [-0.2, -0.15) is 5.26 Å². The van der Waals surface area contributed by atoms with Gasteiger partial charge in [0.25, 0.3) is 0 Å². The highest BCUT2D eigenvalue weighted by molar-refractivity contribution is 6.20. The van der Waals surface area contributed by atoms with E-state index < -0.39 is 5.41 Å². The molecule has 2 aromatic carbocycles. The molecule has 3 aromatic rings. The summed E-state index contributed by atoms with van der Waals surface area (Å²) in [4.78, 5) is 24.5. The molecule has 6 rings (SSSR count). The third kappa shape index (κ3) is 3.99. The number of hydrogen-bond acceptors (Lipinski definition) is 6. The van der Waals surface area contributed by atoms with Crippen molar-refractivity contribution in [3.05, 3.63) is 63.8 Å². The number of nitriles is 1. The van der Waals surface area contributed by atoms with E-state index >= 15 is 0 Å². The van der Waals surface area contributed by atoms with Crippen molar-refractivity contribution < 1.29 is 9.53 Å². The van der Waals surface area contributed by atoms with Gasteiger partial charge in [0.2, 0.25) is 0 Å². The summed E-state index contributed by atoms with van der Waals surface area (Å²) in [6.07, 6.45) is 0. The predicted molar refractivity (Wildman–Crippen MR) is 149 cm³/mol. The van der Waals surface area contributed by atoms with Gasteiger partial charge in [-0.25, -0.2) is 0 Å². The van der Waals surface area contributed by atoms with Crippen molar-refractivity contribution in [3.8, 4) is 17.9 Å². The number of nitrogens with zero attached hydrogens (tertiary/aromatic N) is 4. The van der Waals surface area contributed by atoms with Crippen molar-refractivity contribution in [1.29, 1.82) is 5.26 Å². The summed E-state index contributed by atoms with van der Waals surface area (Å²) in [6.45, 7) is 10.5. The number of benzene rings is 2. The Morgan fingerprint density at radius 1 is 1.13 bits per heavy atom. The minimum Gasteiger partial charge on any atom is -0.378 e. The maximum Gasteiger partial charge on any atom is 0.195 e. The number of aromatic amines is 1. The molecule has 2 saturated heterocycles. The number of carbonyl (C=O) groups is 1. The van der Waals surface area contributed by atoms with Crippen LogP contribution in [0.15, 0.2) is 30.3 Å². The molecule has 0 atom stereocenters. The lowest BCUT2D eigenvalue weighted by molar-refractivity contribution is -0.0660. The second-order valence-electron chi connectivity index (χ2n) is 11.4. The molecule has 2 fully saturated rings. The molecule has 7 nitrogen and oxygen atoms in total. The summed E-state index contributed by atoms with van der Waals surface area (Å²) >= 11 is 0. The molecule has 2 aliphatic heterocycles. The first-order chi connectivity index (χ1) is 18.3. The Labute approximate surface area is 224 Å². The highest BCUT2D eigenvalue weighted by Gasteiger charge is 2.41. The molecule has 1 N–H and O–H groups in total. The number of H-pyrrole nitrogens is 1. The second-order valence-corrected chi connectivity index (χ2v) is 11.4. The Bertz CT molecular complexity index is 1540. The number of rotatable bonds is 3. The highest BCUT2D eigenvalue weighted by atomic mass is 16.5. The van der Waals surface area contributed by atoms with Gasteiger partial charge in [-0.05, 0) is 43.9 Å². The number of hydrogen-bond donors (Lipinski definition) is 1. The first kappa shape index (κ1) is 24.7. The quantitative estimate of drug-likeness (QED) is 0.548. The average molecular weight is 508 g/mol. The standard InChI is InChI=1S/C31H33N5O2/c1-31(2)25-16-27(36-12-10-35(11-13-36)22-18-38-19-22)21(6-5-9-34(3)4)15-24(25)29(37)28-23-8-7-20(17-32)14-26(23)33-30(28)31/h7-8,14-16,22,33H,9-13,18-19H2,1-4H3. The van der Waals surface area contributed by atoms with Gasteiger partial charge in [-0.15, -0.1) is 0 Å². The summed E-state index contributed by atoms with van der Waals surface area (Å²) in [5.41, 5.74) is 6.35. The van der Waals surface area contributed by atoms with Gasteiger partial charge < -0.3 is 14.6 Å². The van der Waals surface area contributed by atoms with Gasteiger partial charge in [0.15, 0.2) is 5.78 Å². The number of piperazine rings is 1. The SMILES string of the molecule is CN(C)CC#Cc1cc2c(cc1N1CCN(C3COC3)CC1)C(C)(C)c1[nH]c3cc(C#N)ccc3c1C2=O. The van der Waals surface area contributed by atoms with Crippen molar-refractivity contribution in [2.75, 3.05) is 64.9 Å². The molecule has 7 heteroatoms. The molecule has 0 bridgehead atoms. The Kier molecular flexibility index (Phi) is 6.04. The topological polar surface area (TPSA) is 75.6 Å². The first-order valence-electron chi connectivity index (χ1n) is 13.3. The zero-order chi connectivity index (χ0) is 26.6. The summed E-state index contributed by atoms with van der Waals surface area (Å²) in [5, 5.41) is 10.3. The van der Waals surface area contributed by atoms with Gasteiger partial charge >= 0.3 is 0 Å². The van der Waals surface area contributed by atoms with Gasteiger partial charge in [0.1, 0.15) is 0 Å². The molecule has 194 valence electrons. The van der Waals surface area contributed by atoms with Crippen molar-refractivity contribution in [2.45, 2.75) is 25.3 Å². The zero-order valence-electron chi connectivity index (χ0n) is 22.5. The van der Waals surface area contributed by atoms with Crippen molar-refractivity contribution in [2.24, 2.45) is 0 Å². The Morgan fingerprint density at radius 2 is 1.89 bits per heavy atom. The number of nitrogens with one attached hydrogen (secondary N) is 1. The molecule has 0 unspecified atom stereocenters. The number of ketones is 1. The third-order valence-corrected chi connectivity index (χ3v) is 8.24. The molecule has 3 heterocycles. The first-order valence-corrected chi connectivity index (χ1v) is 13.3. The largest absolute Gasteiger partial charge is 0.378 e. The van der Waals surface area contributed by atoms with Gasteiger partial charge in [-0.1, -0.05) is 31.8 Å². The van der Waals surface area contributed by atoms with E-state index in [2.05, 4.69) is 52.6 Å². The van der Waals surface area contributed by atoms with Crippen LogP contribution in [0.1, 0.15) is 52.2 Å².